The summed E-state index contributed by atoms with van der Waals surface area (Å²) in [7, 11) is 0. The van der Waals surface area contributed by atoms with Crippen LogP contribution in [0.3, 0.4) is 0 Å². The van der Waals surface area contributed by atoms with Crippen molar-refractivity contribution in [3.63, 3.8) is 0 Å². The molecule has 8 heteroatoms. The first-order chi connectivity index (χ1) is 12.1. The fourth-order valence-corrected chi connectivity index (χ4v) is 3.16. The number of hydrogen-bond donors (Lipinski definition) is 2. The average Bonchev–Trinajstić information content (AvgIpc) is 3.05. The summed E-state index contributed by atoms with van der Waals surface area (Å²) in [6.07, 6.45) is 1.21. The van der Waals surface area contributed by atoms with Gasteiger partial charge in [0.05, 0.1) is 6.54 Å². The highest BCUT2D eigenvalue weighted by molar-refractivity contribution is 6.39. The third-order valence-corrected chi connectivity index (χ3v) is 4.50. The van der Waals surface area contributed by atoms with Gasteiger partial charge in [-0.15, -0.1) is 0 Å². The molecule has 0 fully saturated rings. The van der Waals surface area contributed by atoms with Gasteiger partial charge in [0.1, 0.15) is 17.2 Å². The number of nitrogens with one attached hydrogen (secondary N) is 2. The van der Waals surface area contributed by atoms with Crippen LogP contribution in [-0.4, -0.2) is 39.2 Å². The Morgan fingerprint density at radius 3 is 2.80 bits per heavy atom. The van der Waals surface area contributed by atoms with Crippen LogP contribution in [0.25, 0.3) is 11.3 Å². The van der Waals surface area contributed by atoms with Crippen LogP contribution in [0.1, 0.15) is 24.1 Å². The van der Waals surface area contributed by atoms with E-state index in [0.717, 1.165) is 11.3 Å². The molecule has 0 atom stereocenters. The van der Waals surface area contributed by atoms with Crippen molar-refractivity contribution in [2.45, 2.75) is 25.8 Å². The Morgan fingerprint density at radius 2 is 2.04 bits per heavy atom. The highest BCUT2D eigenvalue weighted by atomic mass is 19.1. The molecule has 0 saturated carbocycles. The predicted octanol–water partition coefficient (Wildman–Crippen LogP) is 1.37. The number of rotatable bonds is 2. The summed E-state index contributed by atoms with van der Waals surface area (Å²) in [5.74, 6) is -0.736. The summed E-state index contributed by atoms with van der Waals surface area (Å²) in [6.45, 7) is 0.860. The minimum Gasteiger partial charge on any atom is -0.333 e. The van der Waals surface area contributed by atoms with Gasteiger partial charge in [-0.05, 0) is 12.1 Å². The van der Waals surface area contributed by atoms with Gasteiger partial charge in [-0.25, -0.2) is 9.82 Å². The predicted molar refractivity (Wildman–Crippen MR) is 87.9 cm³/mol. The van der Waals surface area contributed by atoms with Crippen molar-refractivity contribution in [3.05, 3.63) is 41.3 Å². The van der Waals surface area contributed by atoms with Gasteiger partial charge < -0.3 is 4.90 Å². The van der Waals surface area contributed by atoms with E-state index in [1.165, 1.54) is 6.07 Å². The molecule has 2 amide bonds. The molecule has 2 aliphatic heterocycles. The van der Waals surface area contributed by atoms with Gasteiger partial charge >= 0.3 is 0 Å². The van der Waals surface area contributed by atoms with Crippen molar-refractivity contribution >= 4 is 17.5 Å². The molecule has 128 valence electrons. The van der Waals surface area contributed by atoms with Gasteiger partial charge in [0.25, 0.3) is 5.91 Å². The van der Waals surface area contributed by atoms with E-state index in [-0.39, 0.29) is 24.1 Å². The zero-order chi connectivity index (χ0) is 17.4. The Bertz CT molecular complexity index is 889. The maximum absolute atomic E-state index is 14.1. The number of aromatic nitrogens is 2. The molecule has 0 unspecified atom stereocenters. The number of halogens is 1. The minimum atomic E-state index is -0.348. The first-order valence-electron chi connectivity index (χ1n) is 8.09. The summed E-state index contributed by atoms with van der Waals surface area (Å²) in [6, 6.07) is 6.45. The van der Waals surface area contributed by atoms with Crippen LogP contribution in [-0.2, 0) is 22.6 Å². The third kappa shape index (κ3) is 2.79. The Morgan fingerprint density at radius 1 is 1.20 bits per heavy atom. The minimum absolute atomic E-state index is 0.186. The summed E-state index contributed by atoms with van der Waals surface area (Å²) in [5.41, 5.74) is 5.38. The number of hydrogen-bond acceptors (Lipinski definition) is 4. The second-order valence-electron chi connectivity index (χ2n) is 6.08. The van der Waals surface area contributed by atoms with Gasteiger partial charge in [-0.2, -0.15) is 10.2 Å². The van der Waals surface area contributed by atoms with E-state index in [4.69, 9.17) is 0 Å². The molecule has 0 radical (unpaired) electrons. The molecule has 0 aliphatic carbocycles. The van der Waals surface area contributed by atoms with Crippen LogP contribution in [0.15, 0.2) is 29.4 Å². The Hall–Kier alpha value is -3.03. The average molecular weight is 341 g/mol. The molecule has 25 heavy (non-hydrogen) atoms. The van der Waals surface area contributed by atoms with Crippen LogP contribution in [0.2, 0.25) is 0 Å². The number of fused-ring (bicyclic) bond motifs is 1. The fourth-order valence-electron chi connectivity index (χ4n) is 3.16. The van der Waals surface area contributed by atoms with Crippen LogP contribution in [0, 0.1) is 5.82 Å². The molecule has 0 saturated heterocycles. The highest BCUT2D eigenvalue weighted by Crippen LogP contribution is 2.30. The molecule has 3 heterocycles. The van der Waals surface area contributed by atoms with Crippen LogP contribution in [0.5, 0.6) is 0 Å². The second-order valence-corrected chi connectivity index (χ2v) is 6.08. The van der Waals surface area contributed by atoms with Crippen molar-refractivity contribution in [2.75, 3.05) is 6.54 Å². The number of carbonyl (C=O) groups is 2. The van der Waals surface area contributed by atoms with Crippen molar-refractivity contribution < 1.29 is 14.0 Å². The second kappa shape index (κ2) is 6.12. The topological polar surface area (TPSA) is 90.5 Å². The highest BCUT2D eigenvalue weighted by Gasteiger charge is 2.29. The largest absolute Gasteiger partial charge is 0.333 e. The molecular weight excluding hydrogens is 325 g/mol. The zero-order valence-corrected chi connectivity index (χ0v) is 13.4. The van der Waals surface area contributed by atoms with E-state index >= 15 is 0 Å². The Kier molecular flexibility index (Phi) is 3.79. The molecule has 2 N–H and O–H groups in total. The van der Waals surface area contributed by atoms with Gasteiger partial charge in [0, 0.05) is 42.6 Å². The standard InChI is InChI=1S/C17H16FN5O2/c18-12-4-2-1-3-10(12)16-11-9-23(8-7-13(11)19-22-16)17(25)14-5-6-15(24)21-20-14/h1-4H,5-9H2,(H,19,22)(H,21,24). The number of hydrazone groups is 1. The number of aromatic amines is 1. The summed E-state index contributed by atoms with van der Waals surface area (Å²) in [4.78, 5) is 25.5. The molecule has 1 aromatic heterocycles. The lowest BCUT2D eigenvalue weighted by Crippen LogP contribution is -2.42. The molecule has 2 aliphatic rings. The molecule has 4 rings (SSSR count). The molecule has 7 nitrogen and oxygen atoms in total. The first kappa shape index (κ1) is 15.5. The third-order valence-electron chi connectivity index (χ3n) is 4.50. The Balaban J connectivity index is 1.61. The van der Waals surface area contributed by atoms with Crippen LogP contribution >= 0.6 is 0 Å². The van der Waals surface area contributed by atoms with E-state index < -0.39 is 0 Å². The van der Waals surface area contributed by atoms with Gasteiger partial charge in [0.15, 0.2) is 0 Å². The molecular formula is C17H16FN5O2. The lowest BCUT2D eigenvalue weighted by atomic mass is 10.00. The summed E-state index contributed by atoms with van der Waals surface area (Å²) >= 11 is 0. The number of nitrogens with zero attached hydrogens (tertiary/aromatic N) is 3. The number of benzene rings is 1. The summed E-state index contributed by atoms with van der Waals surface area (Å²) < 4.78 is 14.1. The van der Waals surface area contributed by atoms with E-state index in [0.29, 0.717) is 42.9 Å². The van der Waals surface area contributed by atoms with E-state index in [1.807, 2.05) is 0 Å². The molecule has 0 spiro atoms. The van der Waals surface area contributed by atoms with E-state index in [1.54, 1.807) is 23.1 Å². The quantitative estimate of drug-likeness (QED) is 0.864. The summed E-state index contributed by atoms with van der Waals surface area (Å²) in [5, 5.41) is 11.1. The smallest absolute Gasteiger partial charge is 0.270 e. The lowest BCUT2D eigenvalue weighted by Gasteiger charge is -2.28. The van der Waals surface area contributed by atoms with Gasteiger partial charge in [0.2, 0.25) is 5.91 Å². The zero-order valence-electron chi connectivity index (χ0n) is 13.4. The van der Waals surface area contributed by atoms with Crippen molar-refractivity contribution in [3.8, 4) is 11.3 Å². The van der Waals surface area contributed by atoms with Crippen molar-refractivity contribution in [1.82, 2.24) is 20.5 Å². The maximum atomic E-state index is 14.1. The SMILES string of the molecule is O=C1CCC(C(=O)N2CCc3[nH]nc(-c4ccccc4F)c3C2)=NN1. The van der Waals surface area contributed by atoms with Crippen molar-refractivity contribution in [1.29, 1.82) is 0 Å². The van der Waals surface area contributed by atoms with Crippen LogP contribution < -0.4 is 5.43 Å². The molecule has 2 aromatic rings. The van der Waals surface area contributed by atoms with Gasteiger partial charge in [-0.3, -0.25) is 14.7 Å². The van der Waals surface area contributed by atoms with Crippen LogP contribution in [0.4, 0.5) is 4.39 Å². The molecule has 0 bridgehead atoms. The number of amides is 2. The van der Waals surface area contributed by atoms with E-state index in [9.17, 15) is 14.0 Å². The maximum Gasteiger partial charge on any atom is 0.270 e. The lowest BCUT2D eigenvalue weighted by molar-refractivity contribution is -0.125. The monoisotopic (exact) mass is 341 g/mol. The first-order valence-corrected chi connectivity index (χ1v) is 8.09. The number of H-pyrrole nitrogens is 1. The van der Waals surface area contributed by atoms with E-state index in [2.05, 4.69) is 20.7 Å². The van der Waals surface area contributed by atoms with Crippen molar-refractivity contribution in [2.24, 2.45) is 5.10 Å². The van der Waals surface area contributed by atoms with Gasteiger partial charge in [-0.1, -0.05) is 12.1 Å². The molecule has 1 aromatic carbocycles. The number of carbonyl (C=O) groups excluding carboxylic acids is 2. The fraction of sp³-hybridized carbons (Fsp3) is 0.294. The Labute approximate surface area is 142 Å². The normalized spacial score (nSPS) is 16.9.